The summed E-state index contributed by atoms with van der Waals surface area (Å²) in [5, 5.41) is 15.3. The van der Waals surface area contributed by atoms with Gasteiger partial charge in [0.15, 0.2) is 0 Å². The number of nitrogen functional groups attached to an aromatic ring is 1. The highest BCUT2D eigenvalue weighted by atomic mass is 16.4. The first-order chi connectivity index (χ1) is 7.15. The quantitative estimate of drug-likeness (QED) is 0.619. The van der Waals surface area contributed by atoms with Crippen molar-refractivity contribution in [3.05, 3.63) is 11.3 Å². The zero-order chi connectivity index (χ0) is 11.3. The maximum atomic E-state index is 10.6. The van der Waals surface area contributed by atoms with Crippen LogP contribution in [0.2, 0.25) is 0 Å². The number of unbranched alkanes of at least 4 members (excludes halogenated alkanes) is 2. The Bertz CT molecular complexity index is 333. The van der Waals surface area contributed by atoms with Crippen molar-refractivity contribution in [2.75, 3.05) is 5.73 Å². The summed E-state index contributed by atoms with van der Waals surface area (Å²) in [6, 6.07) is 0. The lowest BCUT2D eigenvalue weighted by Crippen LogP contribution is -2.04. The van der Waals surface area contributed by atoms with Crippen molar-refractivity contribution in [1.82, 2.24) is 10.2 Å². The molecule has 0 bridgehead atoms. The lowest BCUT2D eigenvalue weighted by atomic mass is 10.1. The summed E-state index contributed by atoms with van der Waals surface area (Å²) in [4.78, 5) is 10.6. The topological polar surface area (TPSA) is 92.0 Å². The highest BCUT2D eigenvalue weighted by molar-refractivity contribution is 5.72. The van der Waals surface area contributed by atoms with Gasteiger partial charge in [0.05, 0.1) is 6.42 Å². The summed E-state index contributed by atoms with van der Waals surface area (Å²) in [6.45, 7) is 2.12. The van der Waals surface area contributed by atoms with E-state index >= 15 is 0 Å². The predicted octanol–water partition coefficient (Wildman–Crippen LogP) is 1.35. The molecule has 1 aromatic rings. The first-order valence-electron chi connectivity index (χ1n) is 5.18. The van der Waals surface area contributed by atoms with E-state index in [-0.39, 0.29) is 6.42 Å². The fourth-order valence-corrected chi connectivity index (χ4v) is 1.52. The molecule has 5 nitrogen and oxygen atoms in total. The lowest BCUT2D eigenvalue weighted by molar-refractivity contribution is -0.136. The molecule has 0 radical (unpaired) electrons. The molecule has 0 amide bonds. The van der Waals surface area contributed by atoms with Crippen LogP contribution in [0.1, 0.15) is 37.4 Å². The van der Waals surface area contributed by atoms with Gasteiger partial charge in [-0.2, -0.15) is 5.10 Å². The molecule has 0 fully saturated rings. The minimum atomic E-state index is -0.875. The monoisotopic (exact) mass is 211 g/mol. The van der Waals surface area contributed by atoms with Crippen LogP contribution in [0.3, 0.4) is 0 Å². The maximum Gasteiger partial charge on any atom is 0.308 e. The molecule has 0 saturated heterocycles. The molecule has 1 rings (SSSR count). The van der Waals surface area contributed by atoms with E-state index < -0.39 is 5.97 Å². The number of anilines is 1. The minimum Gasteiger partial charge on any atom is -0.481 e. The molecule has 1 heterocycles. The van der Waals surface area contributed by atoms with E-state index in [1.165, 1.54) is 0 Å². The van der Waals surface area contributed by atoms with E-state index in [1.54, 1.807) is 0 Å². The SMILES string of the molecule is CCCCCc1[nH]nc(N)c1CC(=O)O. The van der Waals surface area contributed by atoms with Crippen LogP contribution < -0.4 is 5.73 Å². The average Bonchev–Trinajstić information content (AvgIpc) is 2.49. The molecule has 84 valence electrons. The highest BCUT2D eigenvalue weighted by Gasteiger charge is 2.13. The van der Waals surface area contributed by atoms with Gasteiger partial charge >= 0.3 is 5.97 Å². The Morgan fingerprint density at radius 1 is 1.53 bits per heavy atom. The number of hydrogen-bond donors (Lipinski definition) is 3. The number of carboxylic acid groups (broad SMARTS) is 1. The van der Waals surface area contributed by atoms with Crippen LogP contribution in [0.25, 0.3) is 0 Å². The van der Waals surface area contributed by atoms with Gasteiger partial charge in [0.1, 0.15) is 5.82 Å². The number of H-pyrrole nitrogens is 1. The molecule has 0 unspecified atom stereocenters. The van der Waals surface area contributed by atoms with E-state index in [9.17, 15) is 4.79 Å². The van der Waals surface area contributed by atoms with Crippen molar-refractivity contribution < 1.29 is 9.90 Å². The number of nitrogens with zero attached hydrogens (tertiary/aromatic N) is 1. The molecular formula is C10H17N3O2. The Morgan fingerprint density at radius 3 is 2.87 bits per heavy atom. The number of aromatic amines is 1. The molecule has 0 aliphatic heterocycles. The molecule has 5 heteroatoms. The van der Waals surface area contributed by atoms with Crippen molar-refractivity contribution in [3.8, 4) is 0 Å². The second-order valence-corrected chi connectivity index (χ2v) is 3.59. The van der Waals surface area contributed by atoms with Crippen LogP contribution in [-0.2, 0) is 17.6 Å². The average molecular weight is 211 g/mol. The van der Waals surface area contributed by atoms with Crippen molar-refractivity contribution >= 4 is 11.8 Å². The maximum absolute atomic E-state index is 10.6. The summed E-state index contributed by atoms with van der Waals surface area (Å²) in [5.74, 6) is -0.566. The van der Waals surface area contributed by atoms with Crippen molar-refractivity contribution in [3.63, 3.8) is 0 Å². The van der Waals surface area contributed by atoms with Gasteiger partial charge in [0, 0.05) is 11.3 Å². The number of aromatic nitrogens is 2. The third kappa shape index (κ3) is 3.27. The van der Waals surface area contributed by atoms with E-state index in [0.717, 1.165) is 31.4 Å². The van der Waals surface area contributed by atoms with Gasteiger partial charge in [-0.3, -0.25) is 9.89 Å². The number of aryl methyl sites for hydroxylation is 1. The van der Waals surface area contributed by atoms with Crippen LogP contribution in [0.15, 0.2) is 0 Å². The first-order valence-corrected chi connectivity index (χ1v) is 5.18. The van der Waals surface area contributed by atoms with E-state index in [0.29, 0.717) is 11.4 Å². The first kappa shape index (κ1) is 11.6. The molecule has 4 N–H and O–H groups in total. The smallest absolute Gasteiger partial charge is 0.308 e. The Morgan fingerprint density at radius 2 is 2.27 bits per heavy atom. The zero-order valence-electron chi connectivity index (χ0n) is 8.92. The Hall–Kier alpha value is -1.52. The number of aliphatic carboxylic acids is 1. The molecule has 0 aliphatic carbocycles. The second kappa shape index (κ2) is 5.38. The van der Waals surface area contributed by atoms with E-state index in [4.69, 9.17) is 10.8 Å². The van der Waals surface area contributed by atoms with Crippen LogP contribution in [0, 0.1) is 0 Å². The Balaban J connectivity index is 2.66. The van der Waals surface area contributed by atoms with Gasteiger partial charge in [-0.25, -0.2) is 0 Å². The fraction of sp³-hybridized carbons (Fsp3) is 0.600. The third-order valence-corrected chi connectivity index (χ3v) is 2.34. The summed E-state index contributed by atoms with van der Waals surface area (Å²) in [6.07, 6.45) is 4.07. The standard InChI is InChI=1S/C10H17N3O2/c1-2-3-4-5-8-7(6-9(14)15)10(11)13-12-8/h2-6H2,1H3,(H,14,15)(H3,11,12,13). The number of carbonyl (C=O) groups is 1. The summed E-state index contributed by atoms with van der Waals surface area (Å²) in [5.41, 5.74) is 7.09. The van der Waals surface area contributed by atoms with Crippen molar-refractivity contribution in [2.24, 2.45) is 0 Å². The summed E-state index contributed by atoms with van der Waals surface area (Å²) >= 11 is 0. The largest absolute Gasteiger partial charge is 0.481 e. The van der Waals surface area contributed by atoms with Crippen molar-refractivity contribution in [2.45, 2.75) is 39.0 Å². The molecule has 0 aromatic carbocycles. The molecule has 0 aliphatic rings. The van der Waals surface area contributed by atoms with Gasteiger partial charge in [-0.05, 0) is 12.8 Å². The summed E-state index contributed by atoms with van der Waals surface area (Å²) in [7, 11) is 0. The fourth-order valence-electron chi connectivity index (χ4n) is 1.52. The van der Waals surface area contributed by atoms with Gasteiger partial charge in [0.2, 0.25) is 0 Å². The lowest BCUT2D eigenvalue weighted by Gasteiger charge is -2.00. The number of nitrogens with one attached hydrogen (secondary N) is 1. The Kier molecular flexibility index (Phi) is 4.15. The minimum absolute atomic E-state index is 0.0518. The van der Waals surface area contributed by atoms with Crippen LogP contribution in [0.4, 0.5) is 5.82 Å². The zero-order valence-corrected chi connectivity index (χ0v) is 8.92. The predicted molar refractivity (Wildman–Crippen MR) is 57.6 cm³/mol. The number of hydrogen-bond acceptors (Lipinski definition) is 3. The number of rotatable bonds is 6. The molecular weight excluding hydrogens is 194 g/mol. The Labute approximate surface area is 88.7 Å². The molecule has 1 aromatic heterocycles. The van der Waals surface area contributed by atoms with Crippen LogP contribution in [0.5, 0.6) is 0 Å². The van der Waals surface area contributed by atoms with Gasteiger partial charge in [-0.15, -0.1) is 0 Å². The van der Waals surface area contributed by atoms with E-state index in [2.05, 4.69) is 17.1 Å². The van der Waals surface area contributed by atoms with Gasteiger partial charge < -0.3 is 10.8 Å². The van der Waals surface area contributed by atoms with Crippen LogP contribution >= 0.6 is 0 Å². The second-order valence-electron chi connectivity index (χ2n) is 3.59. The molecule has 0 atom stereocenters. The highest BCUT2D eigenvalue weighted by Crippen LogP contribution is 2.16. The van der Waals surface area contributed by atoms with Gasteiger partial charge in [-0.1, -0.05) is 19.8 Å². The number of carboxylic acids is 1. The van der Waals surface area contributed by atoms with Crippen molar-refractivity contribution in [1.29, 1.82) is 0 Å². The molecule has 0 saturated carbocycles. The normalized spacial score (nSPS) is 10.5. The van der Waals surface area contributed by atoms with E-state index in [1.807, 2.05) is 0 Å². The number of nitrogens with two attached hydrogens (primary N) is 1. The molecule has 15 heavy (non-hydrogen) atoms. The molecule has 0 spiro atoms. The van der Waals surface area contributed by atoms with Crippen LogP contribution in [-0.4, -0.2) is 21.3 Å². The van der Waals surface area contributed by atoms with Gasteiger partial charge in [0.25, 0.3) is 0 Å². The summed E-state index contributed by atoms with van der Waals surface area (Å²) < 4.78 is 0. The third-order valence-electron chi connectivity index (χ3n) is 2.34.